The molecule has 15 N–H and O–H groups in total. The van der Waals surface area contributed by atoms with Gasteiger partial charge in [0, 0.05) is 144 Å². The fourth-order valence-corrected chi connectivity index (χ4v) is 29.7. The van der Waals surface area contributed by atoms with E-state index in [1.54, 1.807) is 6.26 Å². The van der Waals surface area contributed by atoms with Gasteiger partial charge in [-0.2, -0.15) is 23.5 Å². The van der Waals surface area contributed by atoms with Gasteiger partial charge in [-0.3, -0.25) is 57.6 Å². The number of ether oxygens (including phenoxy) is 4. The van der Waals surface area contributed by atoms with Crippen LogP contribution >= 0.6 is 35.3 Å². The molecule has 2 saturated carbocycles. The number of carboxylic acids is 1. The molecule has 13 aliphatic heterocycles. The van der Waals surface area contributed by atoms with E-state index in [-0.39, 0.29) is 189 Å². The summed E-state index contributed by atoms with van der Waals surface area (Å²) in [7, 11) is -9.84. The highest BCUT2D eigenvalue weighted by Crippen LogP contribution is 2.38. The van der Waals surface area contributed by atoms with E-state index in [1.165, 1.54) is 13.8 Å². The summed E-state index contributed by atoms with van der Waals surface area (Å²) in [5.74, 6) is -4.82. The molecule has 2 aliphatic carbocycles. The van der Waals surface area contributed by atoms with Gasteiger partial charge < -0.3 is 97.5 Å². The number of nitrogens with zero attached hydrogens (tertiary/aromatic N) is 3. The number of esters is 2. The number of nitrogens with one attached hydrogen (secondary N) is 14. The van der Waals surface area contributed by atoms with Crippen LogP contribution in [-0.2, 0) is 150 Å². The fourth-order valence-electron chi connectivity index (χ4n) is 19.6. The lowest BCUT2D eigenvalue weighted by Gasteiger charge is -2.28. The molecule has 59 heteroatoms. The number of carboxylic acid groups (broad SMARTS) is 1. The Bertz CT molecular complexity index is 4970. The highest BCUT2D eigenvalue weighted by molar-refractivity contribution is 8.12. The molecular formula is C85H127N17O34S8. The van der Waals surface area contributed by atoms with Crippen molar-refractivity contribution in [2.45, 2.75) is 331 Å². The van der Waals surface area contributed by atoms with Crippen LogP contribution in [0.25, 0.3) is 0 Å². The van der Waals surface area contributed by atoms with E-state index < -0.39 is 153 Å². The molecule has 13 saturated heterocycles. The van der Waals surface area contributed by atoms with E-state index in [0.717, 1.165) is 68.2 Å². The Morgan fingerprint density at radius 2 is 0.681 bits per heavy atom. The third-order valence-electron chi connectivity index (χ3n) is 26.9. The average molecular weight is 2190 g/mol. The lowest BCUT2D eigenvalue weighted by molar-refractivity contribution is -0.197. The molecule has 15 aliphatic rings. The second-order valence-corrected chi connectivity index (χ2v) is 47.1. The number of hydroxylamine groups is 6. The van der Waals surface area contributed by atoms with Gasteiger partial charge in [0.15, 0.2) is 29.5 Å². The zero-order chi connectivity index (χ0) is 105. The average Bonchev–Trinajstić information content (AvgIpc) is 1.62. The summed E-state index contributed by atoms with van der Waals surface area (Å²) in [6.07, 6.45) is 13.8. The first kappa shape index (κ1) is 117. The minimum atomic E-state index is -3.29. The zero-order valence-corrected chi connectivity index (χ0v) is 86.2. The number of fused-ring (bicyclic) bond motifs is 5. The van der Waals surface area contributed by atoms with Gasteiger partial charge in [-0.05, 0) is 145 Å². The molecule has 15 fully saturated rings. The van der Waals surface area contributed by atoms with Crippen molar-refractivity contribution in [2.24, 2.45) is 23.7 Å². The summed E-state index contributed by atoms with van der Waals surface area (Å²) in [6.45, 7) is 3.85. The number of carbonyl (C=O) groups is 20. The number of amides is 18. The Kier molecular flexibility index (Phi) is 45.7. The number of rotatable bonds is 38. The molecule has 12 unspecified atom stereocenters. The fraction of sp³-hybridized carbons (Fsp3) is 0.765. The van der Waals surface area contributed by atoms with E-state index in [9.17, 15) is 121 Å². The van der Waals surface area contributed by atoms with Crippen molar-refractivity contribution in [1.82, 2.24) is 79.0 Å². The van der Waals surface area contributed by atoms with Crippen molar-refractivity contribution in [3.05, 3.63) is 0 Å². The third-order valence-corrected chi connectivity index (χ3v) is 37.1. The first-order chi connectivity index (χ1) is 68.5. The quantitative estimate of drug-likeness (QED) is 0.0139. The van der Waals surface area contributed by atoms with Crippen molar-refractivity contribution in [3.63, 3.8) is 0 Å². The maximum absolute atomic E-state index is 12.5. The number of hydrogen-bond acceptors (Lipinski definition) is 40. The third kappa shape index (κ3) is 34.7. The molecule has 0 bridgehead atoms. The topological polar surface area (TPSA) is 730 Å². The minimum Gasteiger partial charge on any atom is -0.481 e. The van der Waals surface area contributed by atoms with E-state index in [1.807, 2.05) is 23.5 Å². The van der Waals surface area contributed by atoms with E-state index in [4.69, 9.17) is 43.3 Å². The lowest BCUT2D eigenvalue weighted by Crippen LogP contribution is -2.39. The Labute approximate surface area is 854 Å². The van der Waals surface area contributed by atoms with E-state index in [0.29, 0.717) is 148 Å². The summed E-state index contributed by atoms with van der Waals surface area (Å²) < 4.78 is 105. The zero-order valence-electron chi connectivity index (χ0n) is 79.6. The number of unbranched alkanes of at least 4 members (excludes halogenated alkanes) is 5. The van der Waals surface area contributed by atoms with Crippen LogP contribution in [0.1, 0.15) is 232 Å². The van der Waals surface area contributed by atoms with Crippen molar-refractivity contribution in [1.29, 1.82) is 9.56 Å². The molecule has 144 heavy (non-hydrogen) atoms. The van der Waals surface area contributed by atoms with Crippen molar-refractivity contribution >= 4 is 208 Å². The molecule has 17 atom stereocenters. The predicted octanol–water partition coefficient (Wildman–Crippen LogP) is 2.84. The Balaban J connectivity index is 0.000000205. The summed E-state index contributed by atoms with van der Waals surface area (Å²) in [4.78, 5) is 245. The molecule has 0 radical (unpaired) electrons. The number of hydrogen-bond donors (Lipinski definition) is 15. The SMILES string of the molecule is CC(OC(=O)ON1C(=O)CCC1=O)OC(=O)C1CCC(CNC(=O)CCCC[C@H]2C3NC(=O)NC3CS2(=O)=O)CC1.CSC(=O)OC(C)OC(=O)C1CCC(CNC(=O)CCCC[C@H]2C3NC(=O)NC3CS2(=O)=O)CC1.N=S.N=S.O=C(O)CCCC[C@@H]1SCC2NC(=O)NC21.O=C1NC2CS(=O)(=O)[C@@H](CCCCC(=O)ON3C(=O)CCC3=O)C2N1.O=C1NC2CS[C@@H](CCCCC(=O)ON3C(=O)CCC3=O)C2N1. The second-order valence-electron chi connectivity index (χ2n) is 37.0. The van der Waals surface area contributed by atoms with E-state index in [2.05, 4.69) is 93.5 Å². The summed E-state index contributed by atoms with van der Waals surface area (Å²) >= 11 is 11.3. The van der Waals surface area contributed by atoms with Crippen LogP contribution in [0, 0.1) is 33.2 Å². The van der Waals surface area contributed by atoms with Gasteiger partial charge in [0.1, 0.15) is 0 Å². The lowest BCUT2D eigenvalue weighted by atomic mass is 9.82. The van der Waals surface area contributed by atoms with Crippen LogP contribution in [-0.4, -0.2) is 312 Å². The van der Waals surface area contributed by atoms with Gasteiger partial charge in [-0.15, -0.1) is 10.1 Å². The molecule has 18 amide bonds. The molecule has 804 valence electrons. The van der Waals surface area contributed by atoms with Crippen molar-refractivity contribution in [2.75, 3.05) is 48.1 Å². The maximum atomic E-state index is 12.5. The summed E-state index contributed by atoms with van der Waals surface area (Å²) in [6, 6.07) is -2.72. The van der Waals surface area contributed by atoms with Gasteiger partial charge in [0.2, 0.25) is 24.4 Å². The number of thioether (sulfide) groups is 3. The van der Waals surface area contributed by atoms with Gasteiger partial charge >= 0.3 is 71.5 Å². The molecule has 13 heterocycles. The number of carbonyl (C=O) groups excluding carboxylic acids is 19. The monoisotopic (exact) mass is 2190 g/mol. The highest BCUT2D eigenvalue weighted by Gasteiger charge is 2.55. The molecular weight excluding hydrogens is 2060 g/mol. The Morgan fingerprint density at radius 1 is 0.389 bits per heavy atom. The smallest absolute Gasteiger partial charge is 0.481 e. The number of sulfone groups is 3. The Morgan fingerprint density at radius 3 is 1.01 bits per heavy atom. The van der Waals surface area contributed by atoms with Crippen molar-refractivity contribution < 1.29 is 160 Å². The molecule has 0 aromatic carbocycles. The van der Waals surface area contributed by atoms with Crippen LogP contribution in [0.4, 0.5) is 33.6 Å². The maximum Gasteiger partial charge on any atom is 0.537 e. The molecule has 51 nitrogen and oxygen atoms in total. The van der Waals surface area contributed by atoms with Gasteiger partial charge in [0.05, 0.1) is 105 Å². The minimum absolute atomic E-state index is 0.0253. The van der Waals surface area contributed by atoms with Crippen LogP contribution in [0.2, 0.25) is 0 Å². The molecule has 0 aromatic heterocycles. The first-order valence-corrected chi connectivity index (χ1v) is 57.2. The summed E-state index contributed by atoms with van der Waals surface area (Å²) in [5, 5.41) is 41.7. The molecule has 0 spiro atoms. The van der Waals surface area contributed by atoms with Crippen LogP contribution in [0.15, 0.2) is 0 Å². The van der Waals surface area contributed by atoms with E-state index >= 15 is 0 Å². The van der Waals surface area contributed by atoms with Gasteiger partial charge in [-0.25, -0.2) is 78.0 Å². The first-order valence-electron chi connectivity index (χ1n) is 47.9. The number of aliphatic carboxylic acids is 1. The second kappa shape index (κ2) is 56.0. The van der Waals surface area contributed by atoms with Crippen molar-refractivity contribution in [3.8, 4) is 0 Å². The van der Waals surface area contributed by atoms with Crippen LogP contribution in [0.3, 0.4) is 0 Å². The van der Waals surface area contributed by atoms with Crippen LogP contribution < -0.4 is 63.8 Å². The predicted molar refractivity (Wildman–Crippen MR) is 513 cm³/mol. The number of imide groups is 3. The van der Waals surface area contributed by atoms with Gasteiger partial charge in [-0.1, -0.05) is 37.2 Å². The number of urea groups is 5. The largest absolute Gasteiger partial charge is 0.537 e. The van der Waals surface area contributed by atoms with Gasteiger partial charge in [0.25, 0.3) is 35.4 Å². The molecule has 15 rings (SSSR count). The summed E-state index contributed by atoms with van der Waals surface area (Å²) in [5.41, 5.74) is 0. The highest BCUT2D eigenvalue weighted by atomic mass is 32.2. The molecule has 0 aromatic rings. The standard InChI is InChI=1S/C25H36N4O11S.C22H35N3O8S2.C14H19N3O7S.C14H19N3O5S.C10H16N2O3S.2HNS/c1-14(39-25(35)40-29-20(31)10-11-21(29)32)38-23(33)16-8-6-15(7-9-16)12-26-19(30)5-3-2-4-18-22-17(13-41(18,36)37)27-24(34)28-22;1-13(33-22(29)34-2)32-20(27)15-9-7-14(8-10-15)11-23-18(26)6-4-3-5-17-19-16(12-35(17,30)31)24-21(28)25-19;18-10-5-6-11(19)17(10)24-12(20)4-2-1-3-9-13-8(7-25(9,22)23)15-14(21)16-13;18-10-5-6-11(19)17(10)22-12(20)4-2-1-3-9-13-8(7-23-9)15-14(21)16-13;13-8(14)4-2-1-3-7-9-6(5-16-7)11-10(15)12-9;2*1-2/h14-18,22H,2-13H2,1H3,(H,26,30)(H2,27,28,34);13-17,19H,3-12H2,1-2H3,(H,23,26)(H2,24,25,28);8-9,13H,1-7H2,(H2,15,16,21);8-9,13H,1-7H2,(H2,15,16,21);6-7,9H,1-5H2,(H,13,14)(H2,11,12,15);2*1H/t14?,15?,16?,17?,18-,22?;13?,14?,15?,16?,17-,19?;2*8?,9-,13?;6?,7-,9?;;/m00000../s1. The van der Waals surface area contributed by atoms with Crippen LogP contribution in [0.5, 0.6) is 0 Å². The normalized spacial score (nSPS) is 29.1. The Hall–Kier alpha value is -10.3.